The summed E-state index contributed by atoms with van der Waals surface area (Å²) in [4.78, 5) is 0. The predicted octanol–water partition coefficient (Wildman–Crippen LogP) is 3.22. The predicted molar refractivity (Wildman–Crippen MR) is 60.7 cm³/mol. The van der Waals surface area contributed by atoms with Gasteiger partial charge in [-0.25, -0.2) is 0 Å². The van der Waals surface area contributed by atoms with Crippen LogP contribution in [0.15, 0.2) is 24.3 Å². The van der Waals surface area contributed by atoms with E-state index in [-0.39, 0.29) is 6.10 Å². The van der Waals surface area contributed by atoms with E-state index in [0.29, 0.717) is 0 Å². The van der Waals surface area contributed by atoms with E-state index in [0.717, 1.165) is 11.3 Å². The number of nitrogens with two attached hydrogens (primary N) is 1. The first-order valence-electron chi connectivity index (χ1n) is 4.39. The van der Waals surface area contributed by atoms with Gasteiger partial charge in [-0.1, -0.05) is 26.0 Å². The third kappa shape index (κ3) is 4.20. The van der Waals surface area contributed by atoms with Crippen molar-refractivity contribution in [2.24, 2.45) is 0 Å². The smallest absolute Gasteiger partial charge is 0.0941 e. The molecular formula is C10H17NOS. The minimum atomic E-state index is -0.0122. The van der Waals surface area contributed by atoms with Gasteiger partial charge < -0.3 is 9.92 Å². The zero-order valence-electron chi connectivity index (χ0n) is 8.32. The molecule has 0 saturated carbocycles. The molecule has 0 fully saturated rings. The highest BCUT2D eigenvalue weighted by atomic mass is 32.1. The summed E-state index contributed by atoms with van der Waals surface area (Å²) in [7, 11) is 0. The average molecular weight is 199 g/mol. The van der Waals surface area contributed by atoms with Gasteiger partial charge in [0.05, 0.1) is 6.10 Å². The summed E-state index contributed by atoms with van der Waals surface area (Å²) in [6.45, 7) is 5.92. The molecule has 1 rings (SSSR count). The van der Waals surface area contributed by atoms with Gasteiger partial charge in [0.25, 0.3) is 0 Å². The summed E-state index contributed by atoms with van der Waals surface area (Å²) in [6, 6.07) is 7.57. The van der Waals surface area contributed by atoms with Crippen molar-refractivity contribution >= 4 is 18.6 Å². The summed E-state index contributed by atoms with van der Waals surface area (Å²) in [5.74, 6) is 0. The van der Waals surface area contributed by atoms with Crippen LogP contribution >= 0.6 is 12.9 Å². The van der Waals surface area contributed by atoms with Crippen molar-refractivity contribution in [3.63, 3.8) is 0 Å². The molecular weight excluding hydrogens is 182 g/mol. The molecule has 0 aliphatic rings. The standard InChI is InChI=1S/C8H11NOS.C2H6/c1-6(10-11)7-3-2-4-8(9)5-7;1-2/h2-6,11H,9H2,1H3;1-2H3. The molecule has 0 aliphatic carbocycles. The second kappa shape index (κ2) is 6.80. The van der Waals surface area contributed by atoms with Gasteiger partial charge in [-0.2, -0.15) is 0 Å². The molecule has 2 nitrogen and oxygen atoms in total. The number of nitrogen functional groups attached to an aromatic ring is 1. The summed E-state index contributed by atoms with van der Waals surface area (Å²) in [5.41, 5.74) is 7.36. The van der Waals surface area contributed by atoms with Crippen molar-refractivity contribution in [1.29, 1.82) is 0 Å². The van der Waals surface area contributed by atoms with Crippen LogP contribution in [0.2, 0.25) is 0 Å². The van der Waals surface area contributed by atoms with Gasteiger partial charge in [-0.3, -0.25) is 0 Å². The monoisotopic (exact) mass is 199 g/mol. The summed E-state index contributed by atoms with van der Waals surface area (Å²) in [6.07, 6.45) is -0.0122. The van der Waals surface area contributed by atoms with E-state index in [1.165, 1.54) is 0 Å². The number of benzene rings is 1. The molecule has 1 atom stereocenters. The lowest BCUT2D eigenvalue weighted by atomic mass is 10.1. The molecule has 0 aromatic heterocycles. The van der Waals surface area contributed by atoms with Crippen molar-refractivity contribution < 1.29 is 4.18 Å². The molecule has 13 heavy (non-hydrogen) atoms. The molecule has 0 bridgehead atoms. The SMILES string of the molecule is CC.CC(OS)c1cccc(N)c1. The highest BCUT2D eigenvalue weighted by molar-refractivity contribution is 7.75. The van der Waals surface area contributed by atoms with E-state index < -0.39 is 0 Å². The third-order valence-corrected chi connectivity index (χ3v) is 1.85. The van der Waals surface area contributed by atoms with Crippen LogP contribution in [0.3, 0.4) is 0 Å². The molecule has 3 heteroatoms. The molecule has 0 spiro atoms. The highest BCUT2D eigenvalue weighted by Crippen LogP contribution is 2.19. The maximum atomic E-state index is 5.57. The van der Waals surface area contributed by atoms with Crippen LogP contribution in [-0.4, -0.2) is 0 Å². The van der Waals surface area contributed by atoms with Crippen LogP contribution in [0.25, 0.3) is 0 Å². The molecule has 1 unspecified atom stereocenters. The molecule has 1 aromatic carbocycles. The fraction of sp³-hybridized carbons (Fsp3) is 0.400. The zero-order chi connectivity index (χ0) is 10.3. The van der Waals surface area contributed by atoms with Gasteiger partial charge in [-0.05, 0) is 37.5 Å². The largest absolute Gasteiger partial charge is 0.399 e. The highest BCUT2D eigenvalue weighted by Gasteiger charge is 2.02. The second-order valence-electron chi connectivity index (χ2n) is 2.42. The van der Waals surface area contributed by atoms with E-state index in [9.17, 15) is 0 Å². The maximum absolute atomic E-state index is 5.57. The Hall–Kier alpha value is -0.670. The first-order chi connectivity index (χ1) is 6.24. The van der Waals surface area contributed by atoms with E-state index in [4.69, 9.17) is 9.92 Å². The summed E-state index contributed by atoms with van der Waals surface area (Å²) < 4.78 is 4.83. The van der Waals surface area contributed by atoms with Gasteiger partial charge in [0.2, 0.25) is 0 Å². The minimum Gasteiger partial charge on any atom is -0.399 e. The number of hydrogen-bond donors (Lipinski definition) is 2. The Bertz CT molecular complexity index is 240. The molecule has 0 aliphatic heterocycles. The van der Waals surface area contributed by atoms with E-state index in [1.807, 2.05) is 45.0 Å². The van der Waals surface area contributed by atoms with E-state index in [1.54, 1.807) is 0 Å². The Morgan fingerprint density at radius 1 is 1.38 bits per heavy atom. The van der Waals surface area contributed by atoms with Crippen molar-refractivity contribution in [2.75, 3.05) is 5.73 Å². The molecule has 0 amide bonds. The molecule has 1 aromatic rings. The summed E-state index contributed by atoms with van der Waals surface area (Å²) in [5, 5.41) is 0. The molecule has 2 N–H and O–H groups in total. The van der Waals surface area contributed by atoms with Gasteiger partial charge in [0, 0.05) is 5.69 Å². The van der Waals surface area contributed by atoms with Gasteiger partial charge in [0.1, 0.15) is 0 Å². The lowest BCUT2D eigenvalue weighted by Crippen LogP contribution is -1.93. The van der Waals surface area contributed by atoms with Crippen LogP contribution in [0, 0.1) is 0 Å². The van der Waals surface area contributed by atoms with Crippen molar-refractivity contribution in [1.82, 2.24) is 0 Å². The van der Waals surface area contributed by atoms with Crippen LogP contribution in [0.5, 0.6) is 0 Å². The Morgan fingerprint density at radius 2 is 2.00 bits per heavy atom. The summed E-state index contributed by atoms with van der Waals surface area (Å²) >= 11 is 3.72. The zero-order valence-corrected chi connectivity index (χ0v) is 9.21. The normalized spacial score (nSPS) is 11.4. The van der Waals surface area contributed by atoms with Crippen LogP contribution in [-0.2, 0) is 4.18 Å². The van der Waals surface area contributed by atoms with Gasteiger partial charge in [-0.15, -0.1) is 0 Å². The van der Waals surface area contributed by atoms with Crippen LogP contribution in [0.1, 0.15) is 32.4 Å². The first kappa shape index (κ1) is 12.3. The topological polar surface area (TPSA) is 35.2 Å². The van der Waals surface area contributed by atoms with Crippen molar-refractivity contribution in [3.8, 4) is 0 Å². The fourth-order valence-electron chi connectivity index (χ4n) is 0.873. The molecule has 0 saturated heterocycles. The second-order valence-corrected chi connectivity index (χ2v) is 2.63. The van der Waals surface area contributed by atoms with Gasteiger partial charge in [0.15, 0.2) is 0 Å². The fourth-order valence-corrected chi connectivity index (χ4v) is 0.994. The Labute approximate surface area is 85.7 Å². The van der Waals surface area contributed by atoms with Crippen LogP contribution < -0.4 is 5.73 Å². The Balaban J connectivity index is 0.000000671. The van der Waals surface area contributed by atoms with Crippen molar-refractivity contribution in [3.05, 3.63) is 29.8 Å². The average Bonchev–Trinajstić information content (AvgIpc) is 2.20. The Kier molecular flexibility index (Phi) is 6.45. The number of anilines is 1. The lowest BCUT2D eigenvalue weighted by Gasteiger charge is -2.08. The maximum Gasteiger partial charge on any atom is 0.0941 e. The first-order valence-corrected chi connectivity index (χ1v) is 4.76. The van der Waals surface area contributed by atoms with Crippen LogP contribution in [0.4, 0.5) is 5.69 Å². The number of thiol groups is 1. The quantitative estimate of drug-likeness (QED) is 0.436. The van der Waals surface area contributed by atoms with Gasteiger partial charge >= 0.3 is 0 Å². The lowest BCUT2D eigenvalue weighted by molar-refractivity contribution is 0.279. The number of hydrogen-bond acceptors (Lipinski definition) is 3. The minimum absolute atomic E-state index is 0.0122. The molecule has 0 heterocycles. The third-order valence-electron chi connectivity index (χ3n) is 1.54. The number of rotatable bonds is 2. The van der Waals surface area contributed by atoms with E-state index in [2.05, 4.69) is 12.9 Å². The van der Waals surface area contributed by atoms with E-state index >= 15 is 0 Å². The Morgan fingerprint density at radius 3 is 2.46 bits per heavy atom. The van der Waals surface area contributed by atoms with Crippen molar-refractivity contribution in [2.45, 2.75) is 26.9 Å². The molecule has 0 radical (unpaired) electrons. The molecule has 74 valence electrons.